The van der Waals surface area contributed by atoms with Gasteiger partial charge in [-0.05, 0) is 61.4 Å². The van der Waals surface area contributed by atoms with E-state index in [9.17, 15) is 4.79 Å². The third-order valence-electron chi connectivity index (χ3n) is 6.65. The Bertz CT molecular complexity index is 1250. The lowest BCUT2D eigenvalue weighted by molar-refractivity contribution is -0.139. The first kappa shape index (κ1) is 19.7. The molecule has 3 aromatic rings. The first-order valence-electron chi connectivity index (χ1n) is 11.3. The van der Waals surface area contributed by atoms with Crippen molar-refractivity contribution in [3.63, 3.8) is 0 Å². The van der Waals surface area contributed by atoms with Gasteiger partial charge in [0.05, 0.1) is 24.2 Å². The highest BCUT2D eigenvalue weighted by atomic mass is 32.1. The molecule has 1 aromatic carbocycles. The average Bonchev–Trinajstić information content (AvgIpc) is 3.36. The van der Waals surface area contributed by atoms with Crippen LogP contribution in [0.2, 0.25) is 0 Å². The van der Waals surface area contributed by atoms with Gasteiger partial charge in [-0.1, -0.05) is 0 Å². The summed E-state index contributed by atoms with van der Waals surface area (Å²) >= 11 is 1.70. The van der Waals surface area contributed by atoms with Crippen molar-refractivity contribution in [1.82, 2.24) is 14.9 Å². The Kier molecular flexibility index (Phi) is 4.82. The Morgan fingerprint density at radius 2 is 2.22 bits per heavy atom. The number of benzene rings is 1. The van der Waals surface area contributed by atoms with Crippen LogP contribution in [0.5, 0.6) is 5.75 Å². The van der Waals surface area contributed by atoms with Crippen LogP contribution >= 0.6 is 11.3 Å². The molecule has 8 heteroatoms. The number of aryl methyl sites for hydroxylation is 1. The van der Waals surface area contributed by atoms with Gasteiger partial charge in [-0.25, -0.2) is 9.97 Å². The number of fused-ring (bicyclic) bond motifs is 4. The van der Waals surface area contributed by atoms with Gasteiger partial charge in [0.15, 0.2) is 0 Å². The summed E-state index contributed by atoms with van der Waals surface area (Å²) in [7, 11) is 0. The van der Waals surface area contributed by atoms with Crippen molar-refractivity contribution < 1.29 is 9.53 Å². The maximum absolute atomic E-state index is 12.8. The van der Waals surface area contributed by atoms with E-state index in [1.54, 1.807) is 17.7 Å². The number of carbonyl (C=O) groups excluding carboxylic acids is 1. The minimum Gasteiger partial charge on any atom is -0.492 e. The molecule has 0 saturated carbocycles. The van der Waals surface area contributed by atoms with Crippen molar-refractivity contribution in [2.24, 2.45) is 10.9 Å². The third-order valence-corrected chi connectivity index (χ3v) is 7.81. The minimum absolute atomic E-state index is 0.0979. The molecule has 1 N–H and O–H groups in total. The zero-order chi connectivity index (χ0) is 21.7. The number of hydrogen-bond acceptors (Lipinski definition) is 7. The van der Waals surface area contributed by atoms with Gasteiger partial charge in [0, 0.05) is 30.1 Å². The number of carbonyl (C=O) groups is 1. The van der Waals surface area contributed by atoms with E-state index in [0.29, 0.717) is 19.1 Å². The van der Waals surface area contributed by atoms with Crippen molar-refractivity contribution in [2.75, 3.05) is 25.0 Å². The molecule has 2 aromatic heterocycles. The van der Waals surface area contributed by atoms with Gasteiger partial charge in [-0.2, -0.15) is 0 Å². The van der Waals surface area contributed by atoms with Gasteiger partial charge >= 0.3 is 0 Å². The number of likely N-dealkylation sites (tertiary alicyclic amines) is 1. The second-order valence-electron chi connectivity index (χ2n) is 8.60. The van der Waals surface area contributed by atoms with Crippen LogP contribution in [-0.2, 0) is 24.2 Å². The molecule has 1 aliphatic carbocycles. The molecule has 164 valence electrons. The fourth-order valence-electron chi connectivity index (χ4n) is 4.85. The summed E-state index contributed by atoms with van der Waals surface area (Å²) in [4.78, 5) is 30.6. The number of aliphatic imine (C=N–C) groups is 1. The topological polar surface area (TPSA) is 79.7 Å². The maximum Gasteiger partial charge on any atom is 0.226 e. The summed E-state index contributed by atoms with van der Waals surface area (Å²) in [6, 6.07) is 4.16. The monoisotopic (exact) mass is 447 g/mol. The van der Waals surface area contributed by atoms with Crippen LogP contribution in [0.15, 0.2) is 23.5 Å². The Balaban J connectivity index is 1.35. The zero-order valence-corrected chi connectivity index (χ0v) is 18.9. The molecule has 1 unspecified atom stereocenters. The molecule has 1 atom stereocenters. The number of nitrogens with zero attached hydrogens (tertiary/aromatic N) is 4. The molecular weight excluding hydrogens is 422 g/mol. The normalized spacial score (nSPS) is 18.9. The van der Waals surface area contributed by atoms with Crippen molar-refractivity contribution in [1.29, 1.82) is 0 Å². The number of ether oxygens (including phenoxy) is 1. The molecule has 4 heterocycles. The van der Waals surface area contributed by atoms with Crippen LogP contribution in [0, 0.1) is 5.92 Å². The molecule has 0 spiro atoms. The molecule has 1 saturated heterocycles. The number of thiophene rings is 1. The number of aromatic nitrogens is 2. The highest BCUT2D eigenvalue weighted by molar-refractivity contribution is 7.19. The summed E-state index contributed by atoms with van der Waals surface area (Å²) in [5.74, 6) is 2.04. The maximum atomic E-state index is 12.8. The number of nitrogens with one attached hydrogen (secondary N) is 1. The fraction of sp³-hybridized carbons (Fsp3) is 0.417. The molecule has 1 fully saturated rings. The third kappa shape index (κ3) is 3.24. The first-order valence-corrected chi connectivity index (χ1v) is 12.1. The van der Waals surface area contributed by atoms with E-state index in [4.69, 9.17) is 4.74 Å². The van der Waals surface area contributed by atoms with Crippen molar-refractivity contribution in [3.05, 3.63) is 40.0 Å². The molecule has 0 radical (unpaired) electrons. The highest BCUT2D eigenvalue weighted by Gasteiger charge is 2.33. The lowest BCUT2D eigenvalue weighted by Gasteiger charge is -2.35. The van der Waals surface area contributed by atoms with E-state index in [2.05, 4.69) is 32.4 Å². The van der Waals surface area contributed by atoms with Crippen LogP contribution < -0.4 is 10.1 Å². The summed E-state index contributed by atoms with van der Waals surface area (Å²) in [6.07, 6.45) is 7.25. The van der Waals surface area contributed by atoms with Gasteiger partial charge < -0.3 is 15.0 Å². The lowest BCUT2D eigenvalue weighted by Crippen LogP contribution is -2.46. The second-order valence-corrected chi connectivity index (χ2v) is 9.68. The molecular formula is C24H25N5O2S. The smallest absolute Gasteiger partial charge is 0.226 e. The number of amides is 1. The number of anilines is 2. The Morgan fingerprint density at radius 1 is 1.31 bits per heavy atom. The SMILES string of the molecule is CCOc1cc2c(cc1Nc1ncnc3sc4c(c13)CCC(C(=O)N1CCC1)C4)C=NC2. The van der Waals surface area contributed by atoms with Crippen LogP contribution in [0.1, 0.15) is 41.3 Å². The quantitative estimate of drug-likeness (QED) is 0.637. The summed E-state index contributed by atoms with van der Waals surface area (Å²) < 4.78 is 5.92. The van der Waals surface area contributed by atoms with Crippen molar-refractivity contribution in [3.8, 4) is 5.75 Å². The molecule has 1 amide bonds. The lowest BCUT2D eigenvalue weighted by atomic mass is 9.86. The summed E-state index contributed by atoms with van der Waals surface area (Å²) in [5, 5.41) is 4.61. The standard InChI is InChI=1S/C24H25N5O2S/c1-2-31-19-9-16-12-25-11-15(16)8-18(19)28-22-21-17-5-4-14(24(30)29-6-3-7-29)10-20(17)32-23(21)27-13-26-22/h8-9,11,13-14H,2-7,10,12H2,1H3,(H,26,27,28). The number of rotatable bonds is 5. The van der Waals surface area contributed by atoms with Crippen LogP contribution in [0.3, 0.4) is 0 Å². The molecule has 32 heavy (non-hydrogen) atoms. The molecule has 7 nitrogen and oxygen atoms in total. The summed E-state index contributed by atoms with van der Waals surface area (Å²) in [5.41, 5.74) is 4.47. The number of hydrogen-bond donors (Lipinski definition) is 1. The molecule has 6 rings (SSSR count). The van der Waals surface area contributed by atoms with Crippen LogP contribution in [-0.4, -0.2) is 46.7 Å². The Labute approximate surface area is 190 Å². The van der Waals surface area contributed by atoms with Crippen LogP contribution in [0.25, 0.3) is 10.2 Å². The van der Waals surface area contributed by atoms with E-state index < -0.39 is 0 Å². The van der Waals surface area contributed by atoms with Gasteiger partial charge in [0.2, 0.25) is 5.91 Å². The second kappa shape index (κ2) is 7.85. The average molecular weight is 448 g/mol. The van der Waals surface area contributed by atoms with E-state index in [0.717, 1.165) is 71.8 Å². The van der Waals surface area contributed by atoms with E-state index in [1.165, 1.54) is 16.0 Å². The highest BCUT2D eigenvalue weighted by Crippen LogP contribution is 2.42. The predicted molar refractivity (Wildman–Crippen MR) is 126 cm³/mol. The first-order chi connectivity index (χ1) is 15.7. The van der Waals surface area contributed by atoms with E-state index >= 15 is 0 Å². The van der Waals surface area contributed by atoms with E-state index in [1.807, 2.05) is 18.0 Å². The molecule has 0 bridgehead atoms. The van der Waals surface area contributed by atoms with Crippen molar-refractivity contribution >= 4 is 45.2 Å². The van der Waals surface area contributed by atoms with Crippen LogP contribution in [0.4, 0.5) is 11.5 Å². The minimum atomic E-state index is 0.0979. The van der Waals surface area contributed by atoms with Crippen molar-refractivity contribution in [2.45, 2.75) is 39.2 Å². The van der Waals surface area contributed by atoms with Gasteiger partial charge in [0.1, 0.15) is 22.7 Å². The predicted octanol–water partition coefficient (Wildman–Crippen LogP) is 4.10. The largest absolute Gasteiger partial charge is 0.492 e. The molecule has 2 aliphatic heterocycles. The fourth-order valence-corrected chi connectivity index (χ4v) is 6.12. The Hall–Kier alpha value is -3.00. The Morgan fingerprint density at radius 3 is 3.03 bits per heavy atom. The molecule has 3 aliphatic rings. The van der Waals surface area contributed by atoms with Gasteiger partial charge in [-0.3, -0.25) is 9.79 Å². The van der Waals surface area contributed by atoms with Gasteiger partial charge in [0.25, 0.3) is 0 Å². The summed E-state index contributed by atoms with van der Waals surface area (Å²) in [6.45, 7) is 5.11. The zero-order valence-electron chi connectivity index (χ0n) is 18.1. The van der Waals surface area contributed by atoms with E-state index in [-0.39, 0.29) is 5.92 Å². The van der Waals surface area contributed by atoms with Gasteiger partial charge in [-0.15, -0.1) is 11.3 Å².